The average molecular weight is 348 g/mol. The number of carbonyl (C=O) groups is 2. The molecular weight excluding hydrogens is 328 g/mol. The fourth-order valence-electron chi connectivity index (χ4n) is 2.54. The predicted octanol–water partition coefficient (Wildman–Crippen LogP) is 3.39. The number of carbonyl (C=O) groups excluding carboxylic acids is 2. The Kier molecular flexibility index (Phi) is 5.12. The minimum absolute atomic E-state index is 0.0424. The fourth-order valence-corrected chi connectivity index (χ4v) is 2.54. The van der Waals surface area contributed by atoms with Gasteiger partial charge in [-0.05, 0) is 44.2 Å². The van der Waals surface area contributed by atoms with Crippen LogP contribution < -0.4 is 10.6 Å². The first-order valence-corrected chi connectivity index (χ1v) is 8.28. The van der Waals surface area contributed by atoms with E-state index < -0.39 is 0 Å². The quantitative estimate of drug-likeness (QED) is 0.742. The number of amides is 2. The highest BCUT2D eigenvalue weighted by atomic mass is 16.2. The topological polar surface area (TPSA) is 76.0 Å². The molecule has 6 heteroatoms. The summed E-state index contributed by atoms with van der Waals surface area (Å²) >= 11 is 0. The maximum Gasteiger partial charge on any atom is 0.273 e. The van der Waals surface area contributed by atoms with Crippen LogP contribution in [0.4, 0.5) is 11.4 Å². The lowest BCUT2D eigenvalue weighted by Crippen LogP contribution is -2.24. The molecule has 3 aromatic rings. The average Bonchev–Trinajstić information content (AvgIpc) is 2.98. The molecule has 0 bridgehead atoms. The van der Waals surface area contributed by atoms with Gasteiger partial charge in [-0.2, -0.15) is 5.10 Å². The van der Waals surface area contributed by atoms with Gasteiger partial charge in [-0.1, -0.05) is 35.9 Å². The van der Waals surface area contributed by atoms with E-state index in [4.69, 9.17) is 0 Å². The van der Waals surface area contributed by atoms with Crippen molar-refractivity contribution in [1.82, 2.24) is 9.78 Å². The van der Waals surface area contributed by atoms with Crippen LogP contribution in [0.3, 0.4) is 0 Å². The fraction of sp³-hybridized carbons (Fsp3) is 0.150. The second kappa shape index (κ2) is 7.65. The molecule has 2 amide bonds. The predicted molar refractivity (Wildman–Crippen MR) is 101 cm³/mol. The van der Waals surface area contributed by atoms with E-state index in [0.29, 0.717) is 22.8 Å². The van der Waals surface area contributed by atoms with Crippen LogP contribution in [0.15, 0.2) is 60.7 Å². The Morgan fingerprint density at radius 3 is 2.27 bits per heavy atom. The van der Waals surface area contributed by atoms with E-state index in [9.17, 15) is 9.59 Å². The van der Waals surface area contributed by atoms with Crippen LogP contribution in [0, 0.1) is 13.8 Å². The number of anilines is 2. The summed E-state index contributed by atoms with van der Waals surface area (Å²) in [6.07, 6.45) is 0. The molecule has 0 atom stereocenters. The van der Waals surface area contributed by atoms with Crippen LogP contribution in [-0.2, 0) is 11.3 Å². The van der Waals surface area contributed by atoms with Gasteiger partial charge in [0.2, 0.25) is 5.91 Å². The lowest BCUT2D eigenvalue weighted by atomic mass is 10.2. The van der Waals surface area contributed by atoms with Crippen molar-refractivity contribution in [3.63, 3.8) is 0 Å². The second-order valence-corrected chi connectivity index (χ2v) is 6.06. The molecule has 3 rings (SSSR count). The van der Waals surface area contributed by atoms with Gasteiger partial charge in [0.15, 0.2) is 0 Å². The molecule has 2 N–H and O–H groups in total. The van der Waals surface area contributed by atoms with Crippen molar-refractivity contribution in [2.24, 2.45) is 0 Å². The van der Waals surface area contributed by atoms with Gasteiger partial charge in [0.05, 0.1) is 5.69 Å². The number of rotatable bonds is 5. The molecule has 6 nitrogen and oxygen atoms in total. The Bertz CT molecular complexity index is 915. The molecule has 0 fully saturated rings. The highest BCUT2D eigenvalue weighted by Gasteiger charge is 2.16. The highest BCUT2D eigenvalue weighted by molar-refractivity contribution is 6.03. The molecule has 0 aliphatic carbocycles. The molecule has 0 radical (unpaired) electrons. The van der Waals surface area contributed by atoms with Crippen molar-refractivity contribution < 1.29 is 9.59 Å². The van der Waals surface area contributed by atoms with Crippen LogP contribution in [0.2, 0.25) is 0 Å². The van der Waals surface area contributed by atoms with Crippen molar-refractivity contribution in [3.8, 4) is 0 Å². The smallest absolute Gasteiger partial charge is 0.273 e. The van der Waals surface area contributed by atoms with E-state index in [-0.39, 0.29) is 18.4 Å². The lowest BCUT2D eigenvalue weighted by Gasteiger charge is -2.09. The molecule has 0 saturated carbocycles. The first-order valence-electron chi connectivity index (χ1n) is 8.28. The summed E-state index contributed by atoms with van der Waals surface area (Å²) in [5.74, 6) is -0.550. The summed E-state index contributed by atoms with van der Waals surface area (Å²) in [4.78, 5) is 24.8. The Labute approximate surface area is 151 Å². The summed E-state index contributed by atoms with van der Waals surface area (Å²) in [6.45, 7) is 3.72. The van der Waals surface area contributed by atoms with Crippen molar-refractivity contribution in [3.05, 3.63) is 77.6 Å². The minimum Gasteiger partial charge on any atom is -0.324 e. The standard InChI is InChI=1S/C20H20N4O2/c1-14-8-10-17(11-9-14)21-19(25)13-24-18(12-15(2)23-24)20(26)22-16-6-4-3-5-7-16/h3-12H,13H2,1-2H3,(H,21,25)(H,22,26). The summed E-state index contributed by atoms with van der Waals surface area (Å²) in [6, 6.07) is 18.3. The van der Waals surface area contributed by atoms with E-state index >= 15 is 0 Å². The zero-order chi connectivity index (χ0) is 18.5. The van der Waals surface area contributed by atoms with Gasteiger partial charge >= 0.3 is 0 Å². The summed E-state index contributed by atoms with van der Waals surface area (Å²) in [5, 5.41) is 9.88. The van der Waals surface area contributed by atoms with Gasteiger partial charge in [-0.25, -0.2) is 0 Å². The van der Waals surface area contributed by atoms with Gasteiger partial charge in [0, 0.05) is 11.4 Å². The molecule has 26 heavy (non-hydrogen) atoms. The van der Waals surface area contributed by atoms with E-state index in [1.54, 1.807) is 25.1 Å². The Morgan fingerprint density at radius 2 is 1.58 bits per heavy atom. The first kappa shape index (κ1) is 17.4. The number of para-hydroxylation sites is 1. The van der Waals surface area contributed by atoms with Crippen LogP contribution in [0.25, 0.3) is 0 Å². The number of aromatic nitrogens is 2. The monoisotopic (exact) mass is 348 g/mol. The maximum absolute atomic E-state index is 12.5. The normalized spacial score (nSPS) is 10.4. The van der Waals surface area contributed by atoms with E-state index in [1.165, 1.54) is 4.68 Å². The Morgan fingerprint density at radius 1 is 0.923 bits per heavy atom. The molecule has 1 heterocycles. The summed E-state index contributed by atoms with van der Waals surface area (Å²) < 4.78 is 1.41. The molecule has 0 aliphatic heterocycles. The van der Waals surface area contributed by atoms with Crippen LogP contribution in [0.1, 0.15) is 21.7 Å². The van der Waals surface area contributed by atoms with Gasteiger partial charge in [-0.15, -0.1) is 0 Å². The van der Waals surface area contributed by atoms with Gasteiger partial charge in [0.1, 0.15) is 12.2 Å². The molecule has 0 aliphatic rings. The second-order valence-electron chi connectivity index (χ2n) is 6.06. The minimum atomic E-state index is -0.306. The molecule has 0 spiro atoms. The Balaban J connectivity index is 1.71. The number of nitrogens with zero attached hydrogens (tertiary/aromatic N) is 2. The third kappa shape index (κ3) is 4.36. The zero-order valence-corrected chi connectivity index (χ0v) is 14.7. The molecule has 0 unspecified atom stereocenters. The Hall–Kier alpha value is -3.41. The highest BCUT2D eigenvalue weighted by Crippen LogP contribution is 2.12. The van der Waals surface area contributed by atoms with Gasteiger partial charge in [-0.3, -0.25) is 14.3 Å². The van der Waals surface area contributed by atoms with Crippen molar-refractivity contribution in [1.29, 1.82) is 0 Å². The molecule has 132 valence electrons. The van der Waals surface area contributed by atoms with Crippen molar-refractivity contribution in [2.75, 3.05) is 10.6 Å². The van der Waals surface area contributed by atoms with E-state index in [1.807, 2.05) is 49.4 Å². The number of hydrogen-bond donors (Lipinski definition) is 2. The third-order valence-electron chi connectivity index (χ3n) is 3.80. The summed E-state index contributed by atoms with van der Waals surface area (Å²) in [7, 11) is 0. The van der Waals surface area contributed by atoms with Crippen LogP contribution in [0.5, 0.6) is 0 Å². The molecule has 2 aromatic carbocycles. The van der Waals surface area contributed by atoms with E-state index in [0.717, 1.165) is 5.56 Å². The number of benzene rings is 2. The largest absolute Gasteiger partial charge is 0.324 e. The van der Waals surface area contributed by atoms with Gasteiger partial charge in [0.25, 0.3) is 5.91 Å². The zero-order valence-electron chi connectivity index (χ0n) is 14.7. The first-order chi connectivity index (χ1) is 12.5. The molecule has 0 saturated heterocycles. The summed E-state index contributed by atoms with van der Waals surface area (Å²) in [5.41, 5.74) is 3.52. The van der Waals surface area contributed by atoms with Crippen LogP contribution in [-0.4, -0.2) is 21.6 Å². The SMILES string of the molecule is Cc1ccc(NC(=O)Cn2nc(C)cc2C(=O)Nc2ccccc2)cc1. The van der Waals surface area contributed by atoms with Crippen molar-refractivity contribution in [2.45, 2.75) is 20.4 Å². The van der Waals surface area contributed by atoms with E-state index in [2.05, 4.69) is 15.7 Å². The van der Waals surface area contributed by atoms with Gasteiger partial charge < -0.3 is 10.6 Å². The van der Waals surface area contributed by atoms with Crippen molar-refractivity contribution >= 4 is 23.2 Å². The number of hydrogen-bond acceptors (Lipinski definition) is 3. The maximum atomic E-state index is 12.5. The lowest BCUT2D eigenvalue weighted by molar-refractivity contribution is -0.116. The number of nitrogens with one attached hydrogen (secondary N) is 2. The third-order valence-corrected chi connectivity index (χ3v) is 3.80. The number of aryl methyl sites for hydroxylation is 2. The molecule has 1 aromatic heterocycles. The van der Waals surface area contributed by atoms with Crippen LogP contribution >= 0.6 is 0 Å². The molecular formula is C20H20N4O2.